The van der Waals surface area contributed by atoms with Gasteiger partial charge in [-0.1, -0.05) is 13.8 Å². The van der Waals surface area contributed by atoms with E-state index in [1.165, 1.54) is 10.4 Å². The number of benzene rings is 1. The smallest absolute Gasteiger partial charge is 0.251 e. The van der Waals surface area contributed by atoms with Gasteiger partial charge in [-0.3, -0.25) is 9.69 Å². The molecule has 2 N–H and O–H groups in total. The summed E-state index contributed by atoms with van der Waals surface area (Å²) in [4.78, 5) is 26.0. The molecule has 0 fully saturated rings. The van der Waals surface area contributed by atoms with Crippen LogP contribution < -0.4 is 10.6 Å². The fourth-order valence-electron chi connectivity index (χ4n) is 3.09. The van der Waals surface area contributed by atoms with Crippen molar-refractivity contribution in [3.05, 3.63) is 46.1 Å². The lowest BCUT2D eigenvalue weighted by Gasteiger charge is -2.17. The molecule has 3 rings (SSSR count). The summed E-state index contributed by atoms with van der Waals surface area (Å²) in [5, 5.41) is 7.15. The highest BCUT2D eigenvalue weighted by Gasteiger charge is 2.16. The molecule has 0 aliphatic rings. The zero-order chi connectivity index (χ0) is 20.3. The summed E-state index contributed by atoms with van der Waals surface area (Å²) < 4.78 is 0. The van der Waals surface area contributed by atoms with Gasteiger partial charge in [0.1, 0.15) is 16.5 Å². The van der Waals surface area contributed by atoms with Crippen LogP contribution in [0.25, 0.3) is 10.2 Å². The largest absolute Gasteiger partial charge is 0.355 e. The Morgan fingerprint density at radius 3 is 2.39 bits per heavy atom. The minimum Gasteiger partial charge on any atom is -0.355 e. The SMILES string of the molecule is CCN(CC)Cc1nc(Nc2ccc(C(=O)NC)cc2)c2c(C)c(C)sc2n1. The quantitative estimate of drug-likeness (QED) is 0.624. The van der Waals surface area contributed by atoms with Crippen molar-refractivity contribution in [2.75, 3.05) is 25.5 Å². The Bertz CT molecular complexity index is 977. The lowest BCUT2D eigenvalue weighted by molar-refractivity contribution is 0.0963. The van der Waals surface area contributed by atoms with Gasteiger partial charge in [0, 0.05) is 23.2 Å². The number of nitrogens with zero attached hydrogens (tertiary/aromatic N) is 3. The third-order valence-corrected chi connectivity index (χ3v) is 6.07. The summed E-state index contributed by atoms with van der Waals surface area (Å²) in [6.07, 6.45) is 0. The maximum Gasteiger partial charge on any atom is 0.251 e. The number of aromatic nitrogens is 2. The van der Waals surface area contributed by atoms with E-state index in [0.29, 0.717) is 5.56 Å². The van der Waals surface area contributed by atoms with E-state index >= 15 is 0 Å². The minimum atomic E-state index is -0.0956. The average Bonchev–Trinajstić information content (AvgIpc) is 2.99. The van der Waals surface area contributed by atoms with Gasteiger partial charge >= 0.3 is 0 Å². The topological polar surface area (TPSA) is 70.2 Å². The lowest BCUT2D eigenvalue weighted by atomic mass is 10.1. The molecule has 2 aromatic heterocycles. The first-order valence-electron chi connectivity index (χ1n) is 9.54. The Kier molecular flexibility index (Phi) is 6.26. The van der Waals surface area contributed by atoms with Crippen molar-refractivity contribution in [1.29, 1.82) is 0 Å². The highest BCUT2D eigenvalue weighted by atomic mass is 32.1. The molecule has 0 saturated heterocycles. The highest BCUT2D eigenvalue weighted by molar-refractivity contribution is 7.18. The van der Waals surface area contributed by atoms with Gasteiger partial charge in [0.05, 0.1) is 11.9 Å². The van der Waals surface area contributed by atoms with E-state index in [-0.39, 0.29) is 5.91 Å². The highest BCUT2D eigenvalue weighted by Crippen LogP contribution is 2.34. The van der Waals surface area contributed by atoms with Gasteiger partial charge in [-0.05, 0) is 56.8 Å². The van der Waals surface area contributed by atoms with Gasteiger partial charge in [-0.25, -0.2) is 9.97 Å². The molecule has 2 heterocycles. The van der Waals surface area contributed by atoms with Crippen LogP contribution in [0.4, 0.5) is 11.5 Å². The Morgan fingerprint density at radius 1 is 1.11 bits per heavy atom. The van der Waals surface area contributed by atoms with Gasteiger partial charge < -0.3 is 10.6 Å². The second-order valence-electron chi connectivity index (χ2n) is 6.69. The third kappa shape index (κ3) is 4.15. The van der Waals surface area contributed by atoms with Gasteiger partial charge in [0.25, 0.3) is 5.91 Å². The van der Waals surface area contributed by atoms with E-state index in [1.54, 1.807) is 18.4 Å². The van der Waals surface area contributed by atoms with Crippen LogP contribution >= 0.6 is 11.3 Å². The molecule has 0 aliphatic heterocycles. The first-order valence-corrected chi connectivity index (χ1v) is 10.4. The van der Waals surface area contributed by atoms with E-state index in [2.05, 4.69) is 43.2 Å². The van der Waals surface area contributed by atoms with Crippen molar-refractivity contribution in [1.82, 2.24) is 20.2 Å². The molecule has 148 valence electrons. The van der Waals surface area contributed by atoms with E-state index in [0.717, 1.165) is 47.2 Å². The lowest BCUT2D eigenvalue weighted by Crippen LogP contribution is -2.23. The van der Waals surface area contributed by atoms with Crippen LogP contribution in [-0.2, 0) is 6.54 Å². The van der Waals surface area contributed by atoms with Crippen molar-refractivity contribution in [3.63, 3.8) is 0 Å². The van der Waals surface area contributed by atoms with Gasteiger partial charge in [-0.2, -0.15) is 0 Å². The van der Waals surface area contributed by atoms with Gasteiger partial charge in [0.2, 0.25) is 0 Å². The number of thiophene rings is 1. The maximum absolute atomic E-state index is 11.8. The number of hydrogen-bond donors (Lipinski definition) is 2. The van der Waals surface area contributed by atoms with Gasteiger partial charge in [-0.15, -0.1) is 11.3 Å². The van der Waals surface area contributed by atoms with Gasteiger partial charge in [0.15, 0.2) is 0 Å². The van der Waals surface area contributed by atoms with Crippen molar-refractivity contribution in [2.24, 2.45) is 0 Å². The molecule has 1 aromatic carbocycles. The molecule has 28 heavy (non-hydrogen) atoms. The van der Waals surface area contributed by atoms with Crippen molar-refractivity contribution >= 4 is 39.0 Å². The number of rotatable bonds is 7. The molecule has 0 unspecified atom stereocenters. The zero-order valence-corrected chi connectivity index (χ0v) is 17.9. The fraction of sp³-hybridized carbons (Fsp3) is 0.381. The second-order valence-corrected chi connectivity index (χ2v) is 7.90. The van der Waals surface area contributed by atoms with Crippen LogP contribution in [0.1, 0.15) is 40.5 Å². The number of hydrogen-bond acceptors (Lipinski definition) is 6. The number of carbonyl (C=O) groups is 1. The number of aryl methyl sites for hydroxylation is 2. The van der Waals surface area contributed by atoms with Crippen LogP contribution in [-0.4, -0.2) is 40.9 Å². The van der Waals surface area contributed by atoms with E-state index in [4.69, 9.17) is 9.97 Å². The fourth-order valence-corrected chi connectivity index (χ4v) is 4.14. The molecule has 0 atom stereocenters. The molecular formula is C21H27N5OS. The summed E-state index contributed by atoms with van der Waals surface area (Å²) >= 11 is 1.71. The predicted molar refractivity (Wildman–Crippen MR) is 117 cm³/mol. The molecule has 0 saturated carbocycles. The summed E-state index contributed by atoms with van der Waals surface area (Å²) in [6, 6.07) is 7.42. The third-order valence-electron chi connectivity index (χ3n) is 4.97. The van der Waals surface area contributed by atoms with Crippen molar-refractivity contribution < 1.29 is 4.79 Å². The Hall–Kier alpha value is -2.51. The monoisotopic (exact) mass is 397 g/mol. The zero-order valence-electron chi connectivity index (χ0n) is 17.1. The van der Waals surface area contributed by atoms with E-state index in [9.17, 15) is 4.79 Å². The van der Waals surface area contributed by atoms with E-state index < -0.39 is 0 Å². The molecular weight excluding hydrogens is 370 g/mol. The Balaban J connectivity index is 1.99. The first kappa shape index (κ1) is 20.2. The average molecular weight is 398 g/mol. The van der Waals surface area contributed by atoms with Crippen LogP contribution in [0.5, 0.6) is 0 Å². The molecule has 7 heteroatoms. The summed E-state index contributed by atoms with van der Waals surface area (Å²) in [7, 11) is 1.63. The summed E-state index contributed by atoms with van der Waals surface area (Å²) in [5.74, 6) is 1.55. The van der Waals surface area contributed by atoms with Crippen molar-refractivity contribution in [3.8, 4) is 0 Å². The predicted octanol–water partition coefficient (Wildman–Crippen LogP) is 4.25. The molecule has 6 nitrogen and oxygen atoms in total. The van der Waals surface area contributed by atoms with Crippen LogP contribution in [0.3, 0.4) is 0 Å². The molecule has 1 amide bonds. The standard InChI is InChI=1S/C21H27N5OS/c1-6-26(7-2)12-17-24-19(18-13(3)14(4)28-21(18)25-17)23-16-10-8-15(9-11-16)20(27)22-5/h8-11H,6-7,12H2,1-5H3,(H,22,27)(H,23,24,25). The number of nitrogens with one attached hydrogen (secondary N) is 2. The van der Waals surface area contributed by atoms with Crippen molar-refractivity contribution in [2.45, 2.75) is 34.2 Å². The van der Waals surface area contributed by atoms with Crippen LogP contribution in [0.2, 0.25) is 0 Å². The first-order chi connectivity index (χ1) is 13.5. The molecule has 0 bridgehead atoms. The van der Waals surface area contributed by atoms with Crippen LogP contribution in [0, 0.1) is 13.8 Å². The maximum atomic E-state index is 11.8. The summed E-state index contributed by atoms with van der Waals surface area (Å²) in [6.45, 7) is 11.2. The Labute approximate surface area is 170 Å². The number of anilines is 2. The van der Waals surface area contributed by atoms with Crippen LogP contribution in [0.15, 0.2) is 24.3 Å². The van der Waals surface area contributed by atoms with E-state index in [1.807, 2.05) is 24.3 Å². The molecule has 3 aromatic rings. The normalized spacial score (nSPS) is 11.2. The molecule has 0 radical (unpaired) electrons. The number of carbonyl (C=O) groups excluding carboxylic acids is 1. The molecule has 0 aliphatic carbocycles. The summed E-state index contributed by atoms with van der Waals surface area (Å²) in [5.41, 5.74) is 2.73. The Morgan fingerprint density at radius 2 is 1.79 bits per heavy atom. The number of fused-ring (bicyclic) bond motifs is 1. The molecule has 0 spiro atoms. The minimum absolute atomic E-state index is 0.0956. The second kappa shape index (κ2) is 8.67. The number of amides is 1.